The molecule has 0 spiro atoms. The Kier molecular flexibility index (Phi) is 1.20. The maximum Gasteiger partial charge on any atom is 0.212 e. The van der Waals surface area contributed by atoms with Crippen molar-refractivity contribution in [1.29, 1.82) is 0 Å². The normalized spacial score (nSPS) is 39.1. The van der Waals surface area contributed by atoms with E-state index < -0.39 is 0 Å². The first-order chi connectivity index (χ1) is 4.57. The van der Waals surface area contributed by atoms with Gasteiger partial charge in [0.25, 0.3) is 0 Å². The summed E-state index contributed by atoms with van der Waals surface area (Å²) in [7, 11) is 2.44. The molecule has 2 unspecified atom stereocenters. The SMILES string of the molecule is CC(C)(C)N1[B]C2CC2C1. The van der Waals surface area contributed by atoms with E-state index >= 15 is 0 Å². The molecule has 1 nitrogen and oxygen atoms in total. The number of fused-ring (bicyclic) bond motifs is 1. The van der Waals surface area contributed by atoms with Crippen LogP contribution in [0.3, 0.4) is 0 Å². The van der Waals surface area contributed by atoms with Gasteiger partial charge < -0.3 is 4.81 Å². The predicted octanol–water partition coefficient (Wildman–Crippen LogP) is 1.53. The fourth-order valence-electron chi connectivity index (χ4n) is 1.71. The Morgan fingerprint density at radius 2 is 2.10 bits per heavy atom. The lowest BCUT2D eigenvalue weighted by molar-refractivity contribution is 0.258. The van der Waals surface area contributed by atoms with Gasteiger partial charge in [0.1, 0.15) is 0 Å². The van der Waals surface area contributed by atoms with Crippen molar-refractivity contribution < 1.29 is 0 Å². The minimum absolute atomic E-state index is 0.368. The van der Waals surface area contributed by atoms with Crippen LogP contribution in [0.15, 0.2) is 0 Å². The van der Waals surface area contributed by atoms with Crippen molar-refractivity contribution in [2.24, 2.45) is 5.92 Å². The third kappa shape index (κ3) is 0.988. The molecule has 0 aromatic rings. The van der Waals surface area contributed by atoms with Gasteiger partial charge in [-0.2, -0.15) is 0 Å². The highest BCUT2D eigenvalue weighted by atomic mass is 15.1. The van der Waals surface area contributed by atoms with Crippen LogP contribution in [0, 0.1) is 5.92 Å². The summed E-state index contributed by atoms with van der Waals surface area (Å²) < 4.78 is 0. The van der Waals surface area contributed by atoms with Gasteiger partial charge in [-0.3, -0.25) is 0 Å². The topological polar surface area (TPSA) is 3.24 Å². The van der Waals surface area contributed by atoms with Crippen LogP contribution in [-0.2, 0) is 0 Å². The van der Waals surface area contributed by atoms with Crippen LogP contribution in [0.5, 0.6) is 0 Å². The van der Waals surface area contributed by atoms with Gasteiger partial charge in [-0.05, 0) is 39.1 Å². The second-order valence-corrected chi connectivity index (χ2v) is 4.63. The molecule has 10 heavy (non-hydrogen) atoms. The van der Waals surface area contributed by atoms with Gasteiger partial charge in [0.2, 0.25) is 7.41 Å². The van der Waals surface area contributed by atoms with Crippen LogP contribution in [0.1, 0.15) is 27.2 Å². The molecular formula is C8H15BN. The molecule has 2 rings (SSSR count). The highest BCUT2D eigenvalue weighted by Gasteiger charge is 2.48. The summed E-state index contributed by atoms with van der Waals surface area (Å²) in [6.45, 7) is 8.17. The molecule has 0 aromatic carbocycles. The van der Waals surface area contributed by atoms with E-state index in [1.165, 1.54) is 13.0 Å². The smallest absolute Gasteiger partial charge is 0.212 e. The van der Waals surface area contributed by atoms with Gasteiger partial charge >= 0.3 is 0 Å². The van der Waals surface area contributed by atoms with Crippen molar-refractivity contribution >= 4 is 7.41 Å². The molecule has 1 aliphatic heterocycles. The summed E-state index contributed by atoms with van der Waals surface area (Å²) in [5.74, 6) is 1.98. The number of rotatable bonds is 0. The molecule has 1 heterocycles. The summed E-state index contributed by atoms with van der Waals surface area (Å²) >= 11 is 0. The molecule has 55 valence electrons. The van der Waals surface area contributed by atoms with Crippen LogP contribution in [0.25, 0.3) is 0 Å². The molecule has 1 radical (unpaired) electrons. The van der Waals surface area contributed by atoms with E-state index in [1.54, 1.807) is 0 Å². The summed E-state index contributed by atoms with van der Waals surface area (Å²) in [6, 6.07) is 0. The third-order valence-electron chi connectivity index (χ3n) is 2.64. The van der Waals surface area contributed by atoms with E-state index in [2.05, 4.69) is 33.0 Å². The third-order valence-corrected chi connectivity index (χ3v) is 2.64. The van der Waals surface area contributed by atoms with Gasteiger partial charge in [0.15, 0.2) is 0 Å². The predicted molar refractivity (Wildman–Crippen MR) is 44.1 cm³/mol. The van der Waals surface area contributed by atoms with Gasteiger partial charge in [0.05, 0.1) is 0 Å². The average molecular weight is 136 g/mol. The lowest BCUT2D eigenvalue weighted by Crippen LogP contribution is -2.42. The largest absolute Gasteiger partial charge is 0.342 e. The molecule has 0 bridgehead atoms. The Bertz CT molecular complexity index is 140. The van der Waals surface area contributed by atoms with E-state index in [0.717, 1.165) is 11.7 Å². The van der Waals surface area contributed by atoms with Crippen LogP contribution < -0.4 is 0 Å². The molecule has 0 N–H and O–H groups in total. The Balaban J connectivity index is 1.97. The van der Waals surface area contributed by atoms with Crippen molar-refractivity contribution in [3.63, 3.8) is 0 Å². The first-order valence-corrected chi connectivity index (χ1v) is 4.19. The number of hydrogen-bond donors (Lipinski definition) is 0. The summed E-state index contributed by atoms with van der Waals surface area (Å²) in [6.07, 6.45) is 1.46. The van der Waals surface area contributed by atoms with Crippen LogP contribution in [-0.4, -0.2) is 24.3 Å². The zero-order valence-electron chi connectivity index (χ0n) is 7.09. The molecular weight excluding hydrogens is 121 g/mol. The minimum atomic E-state index is 0.368. The van der Waals surface area contributed by atoms with Crippen LogP contribution in [0.4, 0.5) is 0 Å². The molecule has 2 aliphatic rings. The lowest BCUT2D eigenvalue weighted by atomic mass is 9.82. The minimum Gasteiger partial charge on any atom is -0.342 e. The Morgan fingerprint density at radius 1 is 1.40 bits per heavy atom. The summed E-state index contributed by atoms with van der Waals surface area (Å²) in [5.41, 5.74) is 0.368. The Hall–Kier alpha value is 0.0249. The average Bonchev–Trinajstić information content (AvgIpc) is 2.38. The van der Waals surface area contributed by atoms with Crippen LogP contribution >= 0.6 is 0 Å². The van der Waals surface area contributed by atoms with Crippen molar-refractivity contribution in [3.8, 4) is 0 Å². The molecule has 0 amide bonds. The van der Waals surface area contributed by atoms with E-state index in [0.29, 0.717) is 5.54 Å². The maximum atomic E-state index is 2.49. The standard InChI is InChI=1S/C8H15BN/c1-8(2,3)10-5-6-4-7(6)9-10/h6-7H,4-5H2,1-3H3. The van der Waals surface area contributed by atoms with Gasteiger partial charge in [-0.25, -0.2) is 0 Å². The van der Waals surface area contributed by atoms with Gasteiger partial charge in [-0.1, -0.05) is 6.42 Å². The second kappa shape index (κ2) is 1.79. The van der Waals surface area contributed by atoms with Gasteiger partial charge in [0, 0.05) is 5.54 Å². The molecule has 1 saturated carbocycles. The summed E-state index contributed by atoms with van der Waals surface area (Å²) in [5, 5.41) is 0. The van der Waals surface area contributed by atoms with Crippen molar-refractivity contribution in [2.75, 3.05) is 6.54 Å². The maximum absolute atomic E-state index is 2.49. The van der Waals surface area contributed by atoms with Crippen molar-refractivity contribution in [1.82, 2.24) is 4.81 Å². The van der Waals surface area contributed by atoms with E-state index in [1.807, 2.05) is 0 Å². The number of nitrogens with zero attached hydrogens (tertiary/aromatic N) is 1. The number of hydrogen-bond acceptors (Lipinski definition) is 1. The van der Waals surface area contributed by atoms with E-state index in [4.69, 9.17) is 0 Å². The quantitative estimate of drug-likeness (QED) is 0.456. The monoisotopic (exact) mass is 136 g/mol. The fourth-order valence-corrected chi connectivity index (χ4v) is 1.71. The zero-order chi connectivity index (χ0) is 7.35. The molecule has 2 atom stereocenters. The first kappa shape index (κ1) is 6.72. The lowest BCUT2D eigenvalue weighted by Gasteiger charge is -2.33. The molecule has 0 aromatic heterocycles. The molecule has 1 saturated heterocycles. The second-order valence-electron chi connectivity index (χ2n) is 4.63. The summed E-state index contributed by atoms with van der Waals surface area (Å²) in [4.78, 5) is 2.49. The van der Waals surface area contributed by atoms with Crippen molar-refractivity contribution in [2.45, 2.75) is 38.5 Å². The zero-order valence-corrected chi connectivity index (χ0v) is 7.09. The molecule has 2 heteroatoms. The first-order valence-electron chi connectivity index (χ1n) is 4.19. The van der Waals surface area contributed by atoms with Crippen LogP contribution in [0.2, 0.25) is 5.82 Å². The van der Waals surface area contributed by atoms with E-state index in [9.17, 15) is 0 Å². The Morgan fingerprint density at radius 3 is 2.40 bits per heavy atom. The Labute approximate surface area is 64.1 Å². The van der Waals surface area contributed by atoms with Crippen molar-refractivity contribution in [3.05, 3.63) is 0 Å². The van der Waals surface area contributed by atoms with Gasteiger partial charge in [-0.15, -0.1) is 0 Å². The van der Waals surface area contributed by atoms with E-state index in [-0.39, 0.29) is 0 Å². The fraction of sp³-hybridized carbons (Fsp3) is 1.00. The molecule has 1 aliphatic carbocycles. The molecule has 2 fully saturated rings. The highest BCUT2D eigenvalue weighted by Crippen LogP contribution is 2.50. The highest BCUT2D eigenvalue weighted by molar-refractivity contribution is 6.37.